The minimum Gasteiger partial charge on any atom is -0.0619 e. The van der Waals surface area contributed by atoms with E-state index in [9.17, 15) is 0 Å². The lowest BCUT2D eigenvalue weighted by atomic mass is 9.68. The van der Waals surface area contributed by atoms with E-state index in [1.165, 1.54) is 37.5 Å². The normalized spacial score (nSPS) is 15.2. The lowest BCUT2D eigenvalue weighted by Gasteiger charge is -2.35. The van der Waals surface area contributed by atoms with Gasteiger partial charge in [-0.3, -0.25) is 0 Å². The van der Waals surface area contributed by atoms with Gasteiger partial charge in [-0.1, -0.05) is 78.3 Å². The lowest BCUT2D eigenvalue weighted by Crippen LogP contribution is -2.23. The molecule has 0 saturated heterocycles. The molecule has 0 amide bonds. The Morgan fingerprint density at radius 3 is 2.35 bits per heavy atom. The van der Waals surface area contributed by atoms with Gasteiger partial charge in [0.2, 0.25) is 0 Å². The standard InChI is InChI=1S/C19H15Br/c1-19(2)15-8-4-3-6-12(15)13-10-11-17(20)14-7-5-9-16(19)18(13)14/h3-11H,1-2H3. The van der Waals surface area contributed by atoms with Crippen molar-refractivity contribution in [3.63, 3.8) is 0 Å². The van der Waals surface area contributed by atoms with E-state index in [4.69, 9.17) is 0 Å². The number of fused-ring (bicyclic) bond motifs is 2. The summed E-state index contributed by atoms with van der Waals surface area (Å²) in [6.45, 7) is 4.65. The van der Waals surface area contributed by atoms with Gasteiger partial charge in [-0.15, -0.1) is 0 Å². The quantitative estimate of drug-likeness (QED) is 0.482. The summed E-state index contributed by atoms with van der Waals surface area (Å²) >= 11 is 3.70. The first-order valence-corrected chi connectivity index (χ1v) is 7.71. The zero-order valence-electron chi connectivity index (χ0n) is 11.6. The molecule has 0 N–H and O–H groups in total. The molecule has 0 heterocycles. The second-order valence-electron chi connectivity index (χ2n) is 5.99. The molecule has 1 heteroatoms. The van der Waals surface area contributed by atoms with Gasteiger partial charge in [0.15, 0.2) is 0 Å². The molecule has 0 bridgehead atoms. The van der Waals surface area contributed by atoms with Gasteiger partial charge >= 0.3 is 0 Å². The van der Waals surface area contributed by atoms with Crippen LogP contribution in [0.4, 0.5) is 0 Å². The smallest absolute Gasteiger partial charge is 0.0254 e. The fraction of sp³-hybridized carbons (Fsp3) is 0.158. The van der Waals surface area contributed by atoms with Crippen molar-refractivity contribution in [3.8, 4) is 11.1 Å². The van der Waals surface area contributed by atoms with Gasteiger partial charge in [0.05, 0.1) is 0 Å². The molecular formula is C19H15Br. The highest BCUT2D eigenvalue weighted by Crippen LogP contribution is 2.49. The van der Waals surface area contributed by atoms with Crippen LogP contribution in [0, 0.1) is 0 Å². The van der Waals surface area contributed by atoms with Crippen LogP contribution in [0.25, 0.3) is 21.9 Å². The van der Waals surface area contributed by atoms with Crippen LogP contribution in [-0.2, 0) is 5.41 Å². The number of benzene rings is 3. The Labute approximate surface area is 127 Å². The van der Waals surface area contributed by atoms with Crippen LogP contribution in [0.2, 0.25) is 0 Å². The van der Waals surface area contributed by atoms with Gasteiger partial charge in [-0.05, 0) is 39.1 Å². The van der Waals surface area contributed by atoms with Crippen molar-refractivity contribution in [1.29, 1.82) is 0 Å². The molecule has 1 aliphatic rings. The van der Waals surface area contributed by atoms with E-state index in [-0.39, 0.29) is 5.41 Å². The Morgan fingerprint density at radius 1 is 0.750 bits per heavy atom. The van der Waals surface area contributed by atoms with Gasteiger partial charge in [-0.25, -0.2) is 0 Å². The molecular weight excluding hydrogens is 308 g/mol. The summed E-state index contributed by atoms with van der Waals surface area (Å²) in [6.07, 6.45) is 0. The number of hydrogen-bond acceptors (Lipinski definition) is 0. The molecule has 0 aliphatic heterocycles. The van der Waals surface area contributed by atoms with E-state index >= 15 is 0 Å². The van der Waals surface area contributed by atoms with Crippen LogP contribution in [-0.4, -0.2) is 0 Å². The average molecular weight is 323 g/mol. The third kappa shape index (κ3) is 1.42. The molecule has 0 fully saturated rings. The van der Waals surface area contributed by atoms with Crippen molar-refractivity contribution >= 4 is 26.7 Å². The minimum absolute atomic E-state index is 0.0455. The van der Waals surface area contributed by atoms with Gasteiger partial charge in [0.1, 0.15) is 0 Å². The monoisotopic (exact) mass is 322 g/mol. The molecule has 0 radical (unpaired) electrons. The summed E-state index contributed by atoms with van der Waals surface area (Å²) in [5.41, 5.74) is 5.61. The number of rotatable bonds is 0. The number of halogens is 1. The van der Waals surface area contributed by atoms with Crippen molar-refractivity contribution < 1.29 is 0 Å². The third-order valence-corrected chi connectivity index (χ3v) is 5.24. The molecule has 20 heavy (non-hydrogen) atoms. The summed E-state index contributed by atoms with van der Waals surface area (Å²) in [7, 11) is 0. The summed E-state index contributed by atoms with van der Waals surface area (Å²) in [6, 6.07) is 19.8. The molecule has 98 valence electrons. The average Bonchev–Trinajstić information content (AvgIpc) is 2.46. The first-order chi connectivity index (χ1) is 9.60. The molecule has 1 aliphatic carbocycles. The number of hydrogen-bond donors (Lipinski definition) is 0. The molecule has 0 nitrogen and oxygen atoms in total. The largest absolute Gasteiger partial charge is 0.0619 e. The predicted molar refractivity (Wildman–Crippen MR) is 89.2 cm³/mol. The van der Waals surface area contributed by atoms with Crippen molar-refractivity contribution in [1.82, 2.24) is 0 Å². The highest BCUT2D eigenvalue weighted by molar-refractivity contribution is 9.10. The first kappa shape index (κ1) is 12.2. The molecule has 3 aromatic carbocycles. The zero-order valence-corrected chi connectivity index (χ0v) is 13.2. The molecule has 4 rings (SSSR count). The van der Waals surface area contributed by atoms with Gasteiger partial charge in [0, 0.05) is 9.89 Å². The van der Waals surface area contributed by atoms with Crippen LogP contribution in [0.5, 0.6) is 0 Å². The van der Waals surface area contributed by atoms with E-state index in [0.717, 1.165) is 0 Å². The Kier molecular flexibility index (Phi) is 2.41. The van der Waals surface area contributed by atoms with E-state index in [0.29, 0.717) is 0 Å². The first-order valence-electron chi connectivity index (χ1n) is 6.92. The maximum atomic E-state index is 3.70. The second kappa shape index (κ2) is 3.95. The highest BCUT2D eigenvalue weighted by Gasteiger charge is 2.33. The topological polar surface area (TPSA) is 0 Å². The van der Waals surface area contributed by atoms with Crippen LogP contribution >= 0.6 is 15.9 Å². The van der Waals surface area contributed by atoms with E-state index in [2.05, 4.69) is 84.4 Å². The SMILES string of the molecule is CC1(C)c2ccccc2-c2ccc(Br)c3cccc1c23. The fourth-order valence-electron chi connectivity index (χ4n) is 3.52. The maximum Gasteiger partial charge on any atom is 0.0254 e. The van der Waals surface area contributed by atoms with Gasteiger partial charge < -0.3 is 0 Å². The van der Waals surface area contributed by atoms with Crippen LogP contribution in [0.1, 0.15) is 25.0 Å². The Balaban J connectivity index is 2.29. The van der Waals surface area contributed by atoms with Gasteiger partial charge in [0.25, 0.3) is 0 Å². The van der Waals surface area contributed by atoms with Crippen molar-refractivity contribution in [2.24, 2.45) is 0 Å². The van der Waals surface area contributed by atoms with Gasteiger partial charge in [-0.2, -0.15) is 0 Å². The van der Waals surface area contributed by atoms with Crippen molar-refractivity contribution in [2.45, 2.75) is 19.3 Å². The molecule has 0 atom stereocenters. The molecule has 0 spiro atoms. The summed E-state index contributed by atoms with van der Waals surface area (Å²) in [4.78, 5) is 0. The second-order valence-corrected chi connectivity index (χ2v) is 6.85. The summed E-state index contributed by atoms with van der Waals surface area (Å²) in [5, 5.41) is 2.70. The molecule has 3 aromatic rings. The van der Waals surface area contributed by atoms with Crippen molar-refractivity contribution in [2.75, 3.05) is 0 Å². The minimum atomic E-state index is 0.0455. The van der Waals surface area contributed by atoms with Crippen LogP contribution in [0.15, 0.2) is 59.1 Å². The van der Waals surface area contributed by atoms with Crippen LogP contribution in [0.3, 0.4) is 0 Å². The summed E-state index contributed by atoms with van der Waals surface area (Å²) in [5.74, 6) is 0. The lowest BCUT2D eigenvalue weighted by molar-refractivity contribution is 0.645. The molecule has 0 aromatic heterocycles. The molecule has 0 saturated carbocycles. The van der Waals surface area contributed by atoms with E-state index in [1.54, 1.807) is 0 Å². The maximum absolute atomic E-state index is 3.70. The zero-order chi connectivity index (χ0) is 13.9. The van der Waals surface area contributed by atoms with E-state index in [1.807, 2.05) is 0 Å². The Hall–Kier alpha value is -1.60. The third-order valence-electron chi connectivity index (χ3n) is 4.55. The Bertz CT molecular complexity index is 844. The molecule has 0 unspecified atom stereocenters. The predicted octanol–water partition coefficient (Wildman–Crippen LogP) is 5.91. The summed E-state index contributed by atoms with van der Waals surface area (Å²) < 4.78 is 1.17. The fourth-order valence-corrected chi connectivity index (χ4v) is 3.99. The van der Waals surface area contributed by atoms with Crippen molar-refractivity contribution in [3.05, 3.63) is 70.2 Å². The Morgan fingerprint density at radius 2 is 1.50 bits per heavy atom. The van der Waals surface area contributed by atoms with E-state index < -0.39 is 0 Å². The van der Waals surface area contributed by atoms with Crippen LogP contribution < -0.4 is 0 Å². The highest BCUT2D eigenvalue weighted by atomic mass is 79.9.